The van der Waals surface area contributed by atoms with E-state index in [0.29, 0.717) is 0 Å². The number of thioether (sulfide) groups is 1. The molecule has 0 spiro atoms. The summed E-state index contributed by atoms with van der Waals surface area (Å²) < 4.78 is 0. The summed E-state index contributed by atoms with van der Waals surface area (Å²) in [6.45, 7) is 2.07. The first-order valence-corrected chi connectivity index (χ1v) is 5.08. The fourth-order valence-corrected chi connectivity index (χ4v) is 1.33. The molecule has 0 heterocycles. The van der Waals surface area contributed by atoms with E-state index in [1.807, 2.05) is 23.8 Å². The molecular formula is C10H13NS. The monoisotopic (exact) mass is 179 g/mol. The van der Waals surface area contributed by atoms with E-state index in [1.165, 1.54) is 5.56 Å². The zero-order valence-electron chi connectivity index (χ0n) is 7.37. The van der Waals surface area contributed by atoms with E-state index < -0.39 is 0 Å². The first kappa shape index (κ1) is 9.20. The second kappa shape index (κ2) is 4.21. The van der Waals surface area contributed by atoms with Gasteiger partial charge in [0.05, 0.1) is 0 Å². The van der Waals surface area contributed by atoms with Gasteiger partial charge in [-0.15, -0.1) is 11.8 Å². The zero-order valence-corrected chi connectivity index (χ0v) is 8.19. The van der Waals surface area contributed by atoms with Crippen molar-refractivity contribution < 1.29 is 0 Å². The van der Waals surface area contributed by atoms with E-state index in [9.17, 15) is 0 Å². The molecule has 0 bridgehead atoms. The van der Waals surface area contributed by atoms with Crippen molar-refractivity contribution in [2.45, 2.75) is 6.92 Å². The highest BCUT2D eigenvalue weighted by molar-refractivity contribution is 8.01. The Morgan fingerprint density at radius 3 is 2.42 bits per heavy atom. The predicted octanol–water partition coefficient (Wildman–Crippen LogP) is 2.62. The molecule has 0 radical (unpaired) electrons. The van der Waals surface area contributed by atoms with E-state index >= 15 is 0 Å². The van der Waals surface area contributed by atoms with Crippen LogP contribution in [0.15, 0.2) is 29.7 Å². The third kappa shape index (κ3) is 2.31. The summed E-state index contributed by atoms with van der Waals surface area (Å²) in [5, 5.41) is 1.95. The summed E-state index contributed by atoms with van der Waals surface area (Å²) in [6.07, 6.45) is 2.00. The van der Waals surface area contributed by atoms with Crippen LogP contribution in [-0.4, -0.2) is 6.26 Å². The molecule has 2 N–H and O–H groups in total. The first-order chi connectivity index (χ1) is 5.74. The Balaban J connectivity index is 2.89. The number of nitrogens with two attached hydrogens (primary N) is 1. The van der Waals surface area contributed by atoms with Gasteiger partial charge in [-0.1, -0.05) is 29.8 Å². The van der Waals surface area contributed by atoms with Crippen LogP contribution in [0.1, 0.15) is 11.1 Å². The fraction of sp³-hybridized carbons (Fsp3) is 0.200. The molecule has 0 atom stereocenters. The third-order valence-electron chi connectivity index (χ3n) is 1.63. The molecule has 1 nitrogen and oxygen atoms in total. The second-order valence-corrected chi connectivity index (χ2v) is 3.38. The van der Waals surface area contributed by atoms with Gasteiger partial charge in [0.25, 0.3) is 0 Å². The van der Waals surface area contributed by atoms with E-state index in [0.717, 1.165) is 11.3 Å². The number of rotatable bonds is 2. The molecule has 0 unspecified atom stereocenters. The number of hydrogen-bond acceptors (Lipinski definition) is 2. The van der Waals surface area contributed by atoms with Crippen molar-refractivity contribution >= 4 is 17.5 Å². The van der Waals surface area contributed by atoms with Crippen LogP contribution in [0.25, 0.3) is 5.70 Å². The first-order valence-electron chi connectivity index (χ1n) is 3.79. The van der Waals surface area contributed by atoms with E-state index in [1.54, 1.807) is 11.8 Å². The lowest BCUT2D eigenvalue weighted by atomic mass is 10.1. The molecule has 0 amide bonds. The van der Waals surface area contributed by atoms with Crippen LogP contribution in [0, 0.1) is 6.92 Å². The fourth-order valence-electron chi connectivity index (χ4n) is 0.941. The Hall–Kier alpha value is -0.890. The van der Waals surface area contributed by atoms with Crippen molar-refractivity contribution in [2.24, 2.45) is 5.73 Å². The lowest BCUT2D eigenvalue weighted by Gasteiger charge is -2.00. The molecule has 12 heavy (non-hydrogen) atoms. The molecule has 0 aliphatic rings. The average molecular weight is 179 g/mol. The maximum Gasteiger partial charge on any atom is 0.0451 e. The summed E-state index contributed by atoms with van der Waals surface area (Å²) in [6, 6.07) is 8.21. The predicted molar refractivity (Wildman–Crippen MR) is 56.9 cm³/mol. The van der Waals surface area contributed by atoms with Gasteiger partial charge >= 0.3 is 0 Å². The summed E-state index contributed by atoms with van der Waals surface area (Å²) in [7, 11) is 0. The highest BCUT2D eigenvalue weighted by Gasteiger charge is 1.93. The van der Waals surface area contributed by atoms with Crippen LogP contribution in [0.3, 0.4) is 0 Å². The van der Waals surface area contributed by atoms with Crippen LogP contribution in [-0.2, 0) is 0 Å². The van der Waals surface area contributed by atoms with Crippen LogP contribution in [0.5, 0.6) is 0 Å². The summed E-state index contributed by atoms with van der Waals surface area (Å²) >= 11 is 1.62. The molecule has 0 aliphatic heterocycles. The van der Waals surface area contributed by atoms with Crippen molar-refractivity contribution in [1.29, 1.82) is 0 Å². The highest BCUT2D eigenvalue weighted by atomic mass is 32.2. The zero-order chi connectivity index (χ0) is 8.97. The highest BCUT2D eigenvalue weighted by Crippen LogP contribution is 2.12. The van der Waals surface area contributed by atoms with E-state index in [4.69, 9.17) is 5.73 Å². The number of hydrogen-bond donors (Lipinski definition) is 1. The van der Waals surface area contributed by atoms with Crippen LogP contribution in [0.2, 0.25) is 0 Å². The van der Waals surface area contributed by atoms with Gasteiger partial charge in [-0.05, 0) is 24.2 Å². The molecule has 64 valence electrons. The van der Waals surface area contributed by atoms with E-state index in [2.05, 4.69) is 19.1 Å². The van der Waals surface area contributed by atoms with Gasteiger partial charge in [0.2, 0.25) is 0 Å². The minimum Gasteiger partial charge on any atom is -0.398 e. The van der Waals surface area contributed by atoms with E-state index in [-0.39, 0.29) is 0 Å². The topological polar surface area (TPSA) is 26.0 Å². The van der Waals surface area contributed by atoms with Crippen LogP contribution in [0.4, 0.5) is 0 Å². The minimum atomic E-state index is 0.836. The molecule has 1 rings (SSSR count). The minimum absolute atomic E-state index is 0.836. The molecular weight excluding hydrogens is 166 g/mol. The summed E-state index contributed by atoms with van der Waals surface area (Å²) in [5.41, 5.74) is 8.98. The molecule has 1 aromatic carbocycles. The van der Waals surface area contributed by atoms with Gasteiger partial charge in [0.1, 0.15) is 0 Å². The van der Waals surface area contributed by atoms with Crippen molar-refractivity contribution in [3.8, 4) is 0 Å². The largest absolute Gasteiger partial charge is 0.398 e. The molecule has 0 saturated carbocycles. The standard InChI is InChI=1S/C10H13NS/c1-8-3-5-9(6-4-8)10(11)7-12-2/h3-7H,11H2,1-2H3/b10-7-. The molecule has 0 fully saturated rings. The molecule has 1 aromatic rings. The molecule has 2 heteroatoms. The SMILES string of the molecule is CS/C=C(\N)c1ccc(C)cc1. The number of aryl methyl sites for hydroxylation is 1. The second-order valence-electron chi connectivity index (χ2n) is 2.67. The van der Waals surface area contributed by atoms with Gasteiger partial charge in [0.15, 0.2) is 0 Å². The van der Waals surface area contributed by atoms with Gasteiger partial charge in [-0.25, -0.2) is 0 Å². The Kier molecular flexibility index (Phi) is 3.23. The Labute approximate surface area is 77.7 Å². The Bertz CT molecular complexity index is 274. The molecule has 0 aliphatic carbocycles. The number of benzene rings is 1. The average Bonchev–Trinajstić information content (AvgIpc) is 2.06. The summed E-state index contributed by atoms with van der Waals surface area (Å²) in [4.78, 5) is 0. The normalized spacial score (nSPS) is 11.7. The quantitative estimate of drug-likeness (QED) is 0.755. The third-order valence-corrected chi connectivity index (χ3v) is 2.12. The Morgan fingerprint density at radius 1 is 1.33 bits per heavy atom. The van der Waals surface area contributed by atoms with Gasteiger partial charge < -0.3 is 5.73 Å². The van der Waals surface area contributed by atoms with Crippen molar-refractivity contribution in [3.63, 3.8) is 0 Å². The lowest BCUT2D eigenvalue weighted by molar-refractivity contribution is 1.43. The van der Waals surface area contributed by atoms with Crippen molar-refractivity contribution in [3.05, 3.63) is 40.8 Å². The van der Waals surface area contributed by atoms with Crippen molar-refractivity contribution in [2.75, 3.05) is 6.26 Å². The Morgan fingerprint density at radius 2 is 1.92 bits per heavy atom. The van der Waals surface area contributed by atoms with Crippen LogP contribution >= 0.6 is 11.8 Å². The summed E-state index contributed by atoms with van der Waals surface area (Å²) in [5.74, 6) is 0. The molecule has 0 aromatic heterocycles. The molecule has 0 saturated heterocycles. The van der Waals surface area contributed by atoms with Gasteiger partial charge in [-0.3, -0.25) is 0 Å². The van der Waals surface area contributed by atoms with Crippen molar-refractivity contribution in [1.82, 2.24) is 0 Å². The smallest absolute Gasteiger partial charge is 0.0451 e. The van der Waals surface area contributed by atoms with Gasteiger partial charge in [0, 0.05) is 5.70 Å². The maximum absolute atomic E-state index is 5.80. The lowest BCUT2D eigenvalue weighted by Crippen LogP contribution is -1.94. The maximum atomic E-state index is 5.80. The van der Waals surface area contributed by atoms with Crippen LogP contribution < -0.4 is 5.73 Å². The van der Waals surface area contributed by atoms with Gasteiger partial charge in [-0.2, -0.15) is 0 Å².